The smallest absolute Gasteiger partial charge is 0.255 e. The lowest BCUT2D eigenvalue weighted by atomic mass is 10.2. The monoisotopic (exact) mass is 327 g/mol. The van der Waals surface area contributed by atoms with E-state index >= 15 is 0 Å². The van der Waals surface area contributed by atoms with E-state index in [1.807, 2.05) is 6.92 Å². The van der Waals surface area contributed by atoms with Gasteiger partial charge in [-0.05, 0) is 48.9 Å². The molecule has 0 spiro atoms. The van der Waals surface area contributed by atoms with Crippen LogP contribution in [0.4, 0.5) is 5.69 Å². The molecule has 1 amide bonds. The van der Waals surface area contributed by atoms with Gasteiger partial charge in [-0.15, -0.1) is 0 Å². The maximum Gasteiger partial charge on any atom is 0.255 e. The number of ether oxygens (including phenoxy) is 3. The number of benzene rings is 2. The van der Waals surface area contributed by atoms with Crippen LogP contribution >= 0.6 is 0 Å². The molecule has 0 aliphatic heterocycles. The third kappa shape index (κ3) is 4.52. The fraction of sp³-hybridized carbons (Fsp3) is 0.211. The zero-order valence-electron chi connectivity index (χ0n) is 14.1. The van der Waals surface area contributed by atoms with Gasteiger partial charge in [-0.2, -0.15) is 0 Å². The molecule has 2 rings (SSSR count). The summed E-state index contributed by atoms with van der Waals surface area (Å²) in [6.07, 6.45) is 0. The zero-order valence-corrected chi connectivity index (χ0v) is 14.1. The van der Waals surface area contributed by atoms with Gasteiger partial charge in [-0.3, -0.25) is 4.79 Å². The lowest BCUT2D eigenvalue weighted by molar-refractivity contribution is 0.102. The number of methoxy groups -OCH3 is 2. The number of carbonyl (C=O) groups is 1. The second-order valence-corrected chi connectivity index (χ2v) is 5.29. The molecule has 0 saturated carbocycles. The molecule has 0 radical (unpaired) electrons. The molecule has 0 aromatic heterocycles. The summed E-state index contributed by atoms with van der Waals surface area (Å²) in [5.74, 6) is 1.64. The number of carbonyl (C=O) groups excluding carboxylic acids is 1. The second kappa shape index (κ2) is 8.06. The third-order valence-electron chi connectivity index (χ3n) is 3.26. The van der Waals surface area contributed by atoms with Gasteiger partial charge in [0.1, 0.15) is 23.9 Å². The van der Waals surface area contributed by atoms with Gasteiger partial charge < -0.3 is 19.5 Å². The van der Waals surface area contributed by atoms with Crippen molar-refractivity contribution in [2.75, 3.05) is 26.1 Å². The van der Waals surface area contributed by atoms with Crippen LogP contribution in [-0.2, 0) is 0 Å². The molecular formula is C19H21NO4. The molecular weight excluding hydrogens is 306 g/mol. The number of hydrogen-bond donors (Lipinski definition) is 1. The Kier molecular flexibility index (Phi) is 5.84. The van der Waals surface area contributed by atoms with E-state index in [1.165, 1.54) is 0 Å². The van der Waals surface area contributed by atoms with Crippen molar-refractivity contribution in [3.05, 3.63) is 60.2 Å². The SMILES string of the molecule is C=C(C)COc1ccc(C(=O)Nc2cc(OC)ccc2OC)cc1. The van der Waals surface area contributed by atoms with E-state index in [2.05, 4.69) is 11.9 Å². The van der Waals surface area contributed by atoms with E-state index in [9.17, 15) is 4.79 Å². The van der Waals surface area contributed by atoms with Gasteiger partial charge in [0.25, 0.3) is 5.91 Å². The number of anilines is 1. The highest BCUT2D eigenvalue weighted by atomic mass is 16.5. The number of rotatable bonds is 7. The lowest BCUT2D eigenvalue weighted by Crippen LogP contribution is -2.12. The first kappa shape index (κ1) is 17.4. The van der Waals surface area contributed by atoms with E-state index in [0.717, 1.165) is 5.57 Å². The first-order chi connectivity index (χ1) is 11.5. The van der Waals surface area contributed by atoms with Crippen LogP contribution in [0.3, 0.4) is 0 Å². The summed E-state index contributed by atoms with van der Waals surface area (Å²) in [6, 6.07) is 12.1. The Morgan fingerprint density at radius 2 is 1.71 bits per heavy atom. The standard InChI is InChI=1S/C19H21NO4/c1-13(2)12-24-15-7-5-14(6-8-15)19(21)20-17-11-16(22-3)9-10-18(17)23-4/h5-11H,1,12H2,2-4H3,(H,20,21). The quantitative estimate of drug-likeness (QED) is 0.783. The second-order valence-electron chi connectivity index (χ2n) is 5.29. The molecule has 126 valence electrons. The van der Waals surface area contributed by atoms with Crippen molar-refractivity contribution in [2.45, 2.75) is 6.92 Å². The average Bonchev–Trinajstić information content (AvgIpc) is 2.60. The van der Waals surface area contributed by atoms with Gasteiger partial charge >= 0.3 is 0 Å². The average molecular weight is 327 g/mol. The van der Waals surface area contributed by atoms with E-state index in [-0.39, 0.29) is 5.91 Å². The first-order valence-electron chi connectivity index (χ1n) is 7.44. The van der Waals surface area contributed by atoms with Crippen molar-refractivity contribution in [1.29, 1.82) is 0 Å². The van der Waals surface area contributed by atoms with E-state index in [4.69, 9.17) is 14.2 Å². The lowest BCUT2D eigenvalue weighted by Gasteiger charge is -2.12. The van der Waals surface area contributed by atoms with Gasteiger partial charge in [-0.25, -0.2) is 0 Å². The predicted octanol–water partition coefficient (Wildman–Crippen LogP) is 3.91. The summed E-state index contributed by atoms with van der Waals surface area (Å²) < 4.78 is 15.9. The number of nitrogens with one attached hydrogen (secondary N) is 1. The fourth-order valence-electron chi connectivity index (χ4n) is 2.02. The topological polar surface area (TPSA) is 56.8 Å². The number of amides is 1. The molecule has 2 aromatic rings. The summed E-state index contributed by atoms with van der Waals surface area (Å²) in [5.41, 5.74) is 1.99. The highest BCUT2D eigenvalue weighted by Crippen LogP contribution is 2.29. The Balaban J connectivity index is 2.10. The van der Waals surface area contributed by atoms with Crippen LogP contribution in [0, 0.1) is 0 Å². The molecule has 5 nitrogen and oxygen atoms in total. The summed E-state index contributed by atoms with van der Waals surface area (Å²) in [6.45, 7) is 6.13. The van der Waals surface area contributed by atoms with E-state index in [0.29, 0.717) is 35.1 Å². The molecule has 0 unspecified atom stereocenters. The molecule has 2 aromatic carbocycles. The van der Waals surface area contributed by atoms with Crippen LogP contribution in [0.2, 0.25) is 0 Å². The Morgan fingerprint density at radius 1 is 1.04 bits per heavy atom. The van der Waals surface area contributed by atoms with Crippen molar-refractivity contribution in [2.24, 2.45) is 0 Å². The van der Waals surface area contributed by atoms with Crippen LogP contribution in [0.5, 0.6) is 17.2 Å². The van der Waals surface area contributed by atoms with Gasteiger partial charge in [0.2, 0.25) is 0 Å². The predicted molar refractivity (Wildman–Crippen MR) is 94.3 cm³/mol. The van der Waals surface area contributed by atoms with E-state index in [1.54, 1.807) is 56.7 Å². The summed E-state index contributed by atoms with van der Waals surface area (Å²) in [7, 11) is 3.11. The molecule has 0 fully saturated rings. The van der Waals surface area contributed by atoms with Crippen LogP contribution in [0.15, 0.2) is 54.6 Å². The number of hydrogen-bond acceptors (Lipinski definition) is 4. The maximum absolute atomic E-state index is 12.4. The third-order valence-corrected chi connectivity index (χ3v) is 3.26. The minimum absolute atomic E-state index is 0.243. The summed E-state index contributed by atoms with van der Waals surface area (Å²) >= 11 is 0. The molecule has 1 N–H and O–H groups in total. The Bertz CT molecular complexity index is 723. The molecule has 0 aliphatic rings. The van der Waals surface area contributed by atoms with Gasteiger partial charge in [0.15, 0.2) is 0 Å². The highest BCUT2D eigenvalue weighted by Gasteiger charge is 2.11. The summed E-state index contributed by atoms with van der Waals surface area (Å²) in [5, 5.41) is 2.82. The van der Waals surface area contributed by atoms with Crippen LogP contribution in [0.1, 0.15) is 17.3 Å². The van der Waals surface area contributed by atoms with Crippen molar-refractivity contribution in [3.8, 4) is 17.2 Å². The van der Waals surface area contributed by atoms with Crippen LogP contribution in [-0.4, -0.2) is 26.7 Å². The Labute approximate surface area is 141 Å². The van der Waals surface area contributed by atoms with Gasteiger partial charge in [0, 0.05) is 11.6 Å². The van der Waals surface area contributed by atoms with Crippen LogP contribution in [0.25, 0.3) is 0 Å². The largest absolute Gasteiger partial charge is 0.497 e. The van der Waals surface area contributed by atoms with Crippen LogP contribution < -0.4 is 19.5 Å². The molecule has 0 atom stereocenters. The summed E-state index contributed by atoms with van der Waals surface area (Å²) in [4.78, 5) is 12.4. The van der Waals surface area contributed by atoms with Crippen molar-refractivity contribution < 1.29 is 19.0 Å². The van der Waals surface area contributed by atoms with Crippen molar-refractivity contribution in [3.63, 3.8) is 0 Å². The van der Waals surface area contributed by atoms with Crippen molar-refractivity contribution >= 4 is 11.6 Å². The van der Waals surface area contributed by atoms with Crippen molar-refractivity contribution in [1.82, 2.24) is 0 Å². The highest BCUT2D eigenvalue weighted by molar-refractivity contribution is 6.05. The molecule has 0 heterocycles. The molecule has 0 saturated heterocycles. The van der Waals surface area contributed by atoms with Gasteiger partial charge in [-0.1, -0.05) is 6.58 Å². The maximum atomic E-state index is 12.4. The Morgan fingerprint density at radius 3 is 2.29 bits per heavy atom. The fourth-order valence-corrected chi connectivity index (χ4v) is 2.02. The zero-order chi connectivity index (χ0) is 17.5. The molecule has 0 bridgehead atoms. The minimum atomic E-state index is -0.243. The molecule has 24 heavy (non-hydrogen) atoms. The Hall–Kier alpha value is -2.95. The van der Waals surface area contributed by atoms with Gasteiger partial charge in [0.05, 0.1) is 19.9 Å². The first-order valence-corrected chi connectivity index (χ1v) is 7.44. The van der Waals surface area contributed by atoms with E-state index < -0.39 is 0 Å². The normalized spacial score (nSPS) is 9.96. The molecule has 0 aliphatic carbocycles. The minimum Gasteiger partial charge on any atom is -0.497 e. The molecule has 5 heteroatoms.